The Labute approximate surface area is 118 Å². The van der Waals surface area contributed by atoms with Crippen LogP contribution in [0.3, 0.4) is 0 Å². The Morgan fingerprint density at radius 2 is 1.95 bits per heavy atom. The lowest BCUT2D eigenvalue weighted by Gasteiger charge is -2.10. The number of hydrogen-bond donors (Lipinski definition) is 3. The lowest BCUT2D eigenvalue weighted by Crippen LogP contribution is -2.35. The van der Waals surface area contributed by atoms with E-state index in [2.05, 4.69) is 15.4 Å². The number of anilines is 1. The quantitative estimate of drug-likeness (QED) is 0.577. The van der Waals surface area contributed by atoms with Crippen molar-refractivity contribution in [2.45, 2.75) is 0 Å². The molecular weight excluding hydrogens is 282 g/mol. The molecule has 1 rings (SSSR count). The van der Waals surface area contributed by atoms with Crippen LogP contribution in [0.15, 0.2) is 24.3 Å². The molecule has 0 aliphatic rings. The number of carbonyl (C=O) groups excluding carboxylic acids is 1. The van der Waals surface area contributed by atoms with Crippen LogP contribution in [-0.2, 0) is 14.8 Å². The number of benzene rings is 1. The van der Waals surface area contributed by atoms with Crippen molar-refractivity contribution in [2.24, 2.45) is 0 Å². The zero-order valence-corrected chi connectivity index (χ0v) is 12.3. The van der Waals surface area contributed by atoms with Gasteiger partial charge in [-0.1, -0.05) is 12.1 Å². The zero-order chi connectivity index (χ0) is 15.0. The highest BCUT2D eigenvalue weighted by molar-refractivity contribution is 7.88. The van der Waals surface area contributed by atoms with Crippen LogP contribution >= 0.6 is 0 Å². The number of ether oxygens (including phenoxy) is 1. The van der Waals surface area contributed by atoms with Crippen molar-refractivity contribution in [3.8, 4) is 5.75 Å². The number of nitrogens with one attached hydrogen (secondary N) is 3. The van der Waals surface area contributed by atoms with E-state index in [0.29, 0.717) is 18.0 Å². The van der Waals surface area contributed by atoms with E-state index in [-0.39, 0.29) is 19.0 Å². The van der Waals surface area contributed by atoms with Crippen LogP contribution in [0.1, 0.15) is 0 Å². The van der Waals surface area contributed by atoms with Gasteiger partial charge in [0, 0.05) is 13.1 Å². The van der Waals surface area contributed by atoms with Gasteiger partial charge in [-0.3, -0.25) is 4.79 Å². The summed E-state index contributed by atoms with van der Waals surface area (Å²) in [5.74, 6) is 0.355. The van der Waals surface area contributed by atoms with Crippen LogP contribution < -0.4 is 20.1 Å². The Morgan fingerprint density at radius 1 is 1.25 bits per heavy atom. The summed E-state index contributed by atoms with van der Waals surface area (Å²) < 4.78 is 29.1. The van der Waals surface area contributed by atoms with Crippen LogP contribution in [0, 0.1) is 0 Å². The Bertz CT molecular complexity index is 545. The van der Waals surface area contributed by atoms with Gasteiger partial charge in [-0.05, 0) is 12.1 Å². The summed E-state index contributed by atoms with van der Waals surface area (Å²) in [7, 11) is -1.66. The number of rotatable bonds is 8. The zero-order valence-electron chi connectivity index (χ0n) is 11.5. The highest BCUT2D eigenvalue weighted by atomic mass is 32.2. The molecule has 0 aromatic heterocycles. The first-order valence-electron chi connectivity index (χ1n) is 6.00. The summed E-state index contributed by atoms with van der Waals surface area (Å²) in [6.45, 7) is 0.691. The molecule has 0 radical (unpaired) electrons. The maximum absolute atomic E-state index is 11.7. The molecule has 112 valence electrons. The molecule has 0 aliphatic heterocycles. The van der Waals surface area contributed by atoms with Crippen molar-refractivity contribution in [1.82, 2.24) is 10.0 Å². The van der Waals surface area contributed by atoms with Gasteiger partial charge < -0.3 is 15.4 Å². The molecule has 0 saturated carbocycles. The van der Waals surface area contributed by atoms with Crippen molar-refractivity contribution in [3.63, 3.8) is 0 Å². The lowest BCUT2D eigenvalue weighted by atomic mass is 10.3. The van der Waals surface area contributed by atoms with Gasteiger partial charge in [0.15, 0.2) is 0 Å². The van der Waals surface area contributed by atoms with Crippen molar-refractivity contribution in [3.05, 3.63) is 24.3 Å². The molecule has 7 nitrogen and oxygen atoms in total. The average Bonchev–Trinajstić information content (AvgIpc) is 2.37. The summed E-state index contributed by atoms with van der Waals surface area (Å²) in [4.78, 5) is 11.7. The van der Waals surface area contributed by atoms with Gasteiger partial charge in [-0.2, -0.15) is 0 Å². The van der Waals surface area contributed by atoms with Gasteiger partial charge in [-0.25, -0.2) is 13.1 Å². The second-order valence-corrected chi connectivity index (χ2v) is 5.92. The maximum atomic E-state index is 11.7. The Kier molecular flexibility index (Phi) is 6.43. The smallest absolute Gasteiger partial charge is 0.238 e. The Morgan fingerprint density at radius 3 is 2.60 bits per heavy atom. The molecular formula is C12H19N3O4S. The molecule has 8 heteroatoms. The van der Waals surface area contributed by atoms with E-state index in [4.69, 9.17) is 4.74 Å². The molecule has 0 bridgehead atoms. The SMILES string of the molecule is COc1ccccc1NC(=O)CNCCNS(C)(=O)=O. The number of methoxy groups -OCH3 is 1. The van der Waals surface area contributed by atoms with E-state index in [1.54, 1.807) is 18.2 Å². The van der Waals surface area contributed by atoms with Gasteiger partial charge in [0.05, 0.1) is 25.6 Å². The van der Waals surface area contributed by atoms with Crippen LogP contribution in [-0.4, -0.2) is 47.3 Å². The van der Waals surface area contributed by atoms with Crippen molar-refractivity contribution >= 4 is 21.6 Å². The van der Waals surface area contributed by atoms with E-state index >= 15 is 0 Å². The minimum atomic E-state index is -3.19. The summed E-state index contributed by atoms with van der Waals surface area (Å²) in [6, 6.07) is 7.09. The van der Waals surface area contributed by atoms with E-state index in [1.807, 2.05) is 6.07 Å². The third-order valence-electron chi connectivity index (χ3n) is 2.33. The second-order valence-electron chi connectivity index (χ2n) is 4.09. The van der Waals surface area contributed by atoms with Gasteiger partial charge in [0.2, 0.25) is 15.9 Å². The van der Waals surface area contributed by atoms with Crippen molar-refractivity contribution in [2.75, 3.05) is 38.3 Å². The third kappa shape index (κ3) is 6.50. The number of sulfonamides is 1. The second kappa shape index (κ2) is 7.83. The summed E-state index contributed by atoms with van der Waals surface area (Å²) >= 11 is 0. The fraction of sp³-hybridized carbons (Fsp3) is 0.417. The molecule has 0 saturated heterocycles. The highest BCUT2D eigenvalue weighted by Gasteiger charge is 2.06. The fourth-order valence-electron chi connectivity index (χ4n) is 1.47. The summed E-state index contributed by atoms with van der Waals surface area (Å²) in [6.07, 6.45) is 1.08. The molecule has 1 aromatic rings. The van der Waals surface area contributed by atoms with E-state index < -0.39 is 10.0 Å². The molecule has 3 N–H and O–H groups in total. The third-order valence-corrected chi connectivity index (χ3v) is 3.06. The molecule has 0 aliphatic carbocycles. The number of amides is 1. The molecule has 0 fully saturated rings. The van der Waals surface area contributed by atoms with E-state index in [9.17, 15) is 13.2 Å². The Balaban J connectivity index is 2.30. The lowest BCUT2D eigenvalue weighted by molar-refractivity contribution is -0.115. The maximum Gasteiger partial charge on any atom is 0.238 e. The average molecular weight is 301 g/mol. The first-order chi connectivity index (χ1) is 9.42. The minimum absolute atomic E-state index is 0.0868. The van der Waals surface area contributed by atoms with Gasteiger partial charge >= 0.3 is 0 Å². The minimum Gasteiger partial charge on any atom is -0.495 e. The van der Waals surface area contributed by atoms with E-state index in [0.717, 1.165) is 6.26 Å². The fourth-order valence-corrected chi connectivity index (χ4v) is 1.94. The number of carbonyl (C=O) groups is 1. The highest BCUT2D eigenvalue weighted by Crippen LogP contribution is 2.22. The molecule has 0 heterocycles. The molecule has 20 heavy (non-hydrogen) atoms. The predicted octanol–water partition coefficient (Wildman–Crippen LogP) is -0.227. The summed E-state index contributed by atoms with van der Waals surface area (Å²) in [5, 5.41) is 5.54. The predicted molar refractivity (Wildman–Crippen MR) is 77.3 cm³/mol. The normalized spacial score (nSPS) is 11.1. The van der Waals surface area contributed by atoms with Crippen LogP contribution in [0.2, 0.25) is 0 Å². The monoisotopic (exact) mass is 301 g/mol. The summed E-state index contributed by atoms with van der Waals surface area (Å²) in [5.41, 5.74) is 0.594. The molecule has 1 amide bonds. The Hall–Kier alpha value is -1.64. The molecule has 0 unspecified atom stereocenters. The first-order valence-corrected chi connectivity index (χ1v) is 7.90. The first kappa shape index (κ1) is 16.4. The molecule has 0 spiro atoms. The van der Waals surface area contributed by atoms with Crippen LogP contribution in [0.5, 0.6) is 5.75 Å². The molecule has 0 atom stereocenters. The van der Waals surface area contributed by atoms with Gasteiger partial charge in [0.25, 0.3) is 0 Å². The standard InChI is InChI=1S/C12H19N3O4S/c1-19-11-6-4-3-5-10(11)15-12(16)9-13-7-8-14-20(2,17)18/h3-6,13-14H,7-9H2,1-2H3,(H,15,16). The topological polar surface area (TPSA) is 96.5 Å². The van der Waals surface area contributed by atoms with Crippen molar-refractivity contribution < 1.29 is 17.9 Å². The number of hydrogen-bond acceptors (Lipinski definition) is 5. The van der Waals surface area contributed by atoms with Crippen LogP contribution in [0.25, 0.3) is 0 Å². The van der Waals surface area contributed by atoms with Gasteiger partial charge in [0.1, 0.15) is 5.75 Å². The number of para-hydroxylation sites is 2. The molecule has 1 aromatic carbocycles. The largest absolute Gasteiger partial charge is 0.495 e. The van der Waals surface area contributed by atoms with Crippen molar-refractivity contribution in [1.29, 1.82) is 0 Å². The van der Waals surface area contributed by atoms with E-state index in [1.165, 1.54) is 7.11 Å². The van der Waals surface area contributed by atoms with Crippen LogP contribution in [0.4, 0.5) is 5.69 Å². The van der Waals surface area contributed by atoms with Gasteiger partial charge in [-0.15, -0.1) is 0 Å².